The fourth-order valence-electron chi connectivity index (χ4n) is 2.09. The number of thioether (sulfide) groups is 1. The molecule has 0 saturated heterocycles. The summed E-state index contributed by atoms with van der Waals surface area (Å²) >= 11 is 10.2. The first-order chi connectivity index (χ1) is 12.9. The third-order valence-electron chi connectivity index (χ3n) is 3.27. The maximum Gasteiger partial charge on any atom is 0.294 e. The highest BCUT2D eigenvalue weighted by Crippen LogP contribution is 2.30. The number of hydrogen-bond donors (Lipinski definition) is 1. The molecule has 0 unspecified atom stereocenters. The lowest BCUT2D eigenvalue weighted by atomic mass is 10.2. The number of aromatic nitrogens is 2. The molecule has 0 radical (unpaired) electrons. The Morgan fingerprint density at radius 2 is 2.07 bits per heavy atom. The molecule has 138 valence electrons. The number of rotatable bonds is 6. The zero-order chi connectivity index (χ0) is 19.4. The van der Waals surface area contributed by atoms with Gasteiger partial charge in [-0.15, -0.1) is 10.2 Å². The highest BCUT2D eigenvalue weighted by Gasteiger charge is 2.18. The van der Waals surface area contributed by atoms with E-state index in [0.29, 0.717) is 5.89 Å². The molecule has 8 nitrogen and oxygen atoms in total. The van der Waals surface area contributed by atoms with Gasteiger partial charge in [-0.2, -0.15) is 0 Å². The summed E-state index contributed by atoms with van der Waals surface area (Å²) in [5.74, 6) is -0.193. The van der Waals surface area contributed by atoms with Gasteiger partial charge in [-0.25, -0.2) is 0 Å². The summed E-state index contributed by atoms with van der Waals surface area (Å²) in [7, 11) is 0. The van der Waals surface area contributed by atoms with Crippen molar-refractivity contribution in [1.29, 1.82) is 0 Å². The predicted molar refractivity (Wildman–Crippen MR) is 105 cm³/mol. The van der Waals surface area contributed by atoms with Gasteiger partial charge in [0.1, 0.15) is 5.69 Å². The summed E-state index contributed by atoms with van der Waals surface area (Å²) in [6, 6.07) is 11.4. The number of anilines is 1. The van der Waals surface area contributed by atoms with Crippen molar-refractivity contribution >= 4 is 56.6 Å². The summed E-state index contributed by atoms with van der Waals surface area (Å²) in [5.41, 5.74) is 0.516. The Hall–Kier alpha value is -2.43. The van der Waals surface area contributed by atoms with Crippen molar-refractivity contribution in [3.05, 3.63) is 62.1 Å². The molecule has 1 N–H and O–H groups in total. The first-order valence-electron chi connectivity index (χ1n) is 7.39. The van der Waals surface area contributed by atoms with Gasteiger partial charge in [0, 0.05) is 15.6 Å². The van der Waals surface area contributed by atoms with Crippen LogP contribution < -0.4 is 5.32 Å². The molecule has 0 aliphatic rings. The minimum Gasteiger partial charge on any atom is -0.411 e. The third kappa shape index (κ3) is 4.85. The van der Waals surface area contributed by atoms with Crippen LogP contribution >= 0.6 is 39.3 Å². The maximum atomic E-state index is 12.1. The van der Waals surface area contributed by atoms with Crippen molar-refractivity contribution in [1.82, 2.24) is 10.2 Å². The number of nitro groups is 1. The van der Waals surface area contributed by atoms with Gasteiger partial charge in [0.2, 0.25) is 11.8 Å². The Bertz CT molecular complexity index is 1010. The number of benzene rings is 2. The smallest absolute Gasteiger partial charge is 0.294 e. The van der Waals surface area contributed by atoms with Crippen LogP contribution in [0.3, 0.4) is 0 Å². The van der Waals surface area contributed by atoms with Crippen molar-refractivity contribution in [3.8, 4) is 11.5 Å². The van der Waals surface area contributed by atoms with Crippen molar-refractivity contribution in [2.45, 2.75) is 5.22 Å². The average Bonchev–Trinajstić information content (AvgIpc) is 3.10. The molecule has 0 aliphatic carbocycles. The first-order valence-corrected chi connectivity index (χ1v) is 9.54. The Balaban J connectivity index is 1.64. The lowest BCUT2D eigenvalue weighted by Gasteiger charge is -2.05. The number of hydrogen-bond acceptors (Lipinski definition) is 7. The highest BCUT2D eigenvalue weighted by molar-refractivity contribution is 9.10. The normalized spacial score (nSPS) is 10.6. The lowest BCUT2D eigenvalue weighted by molar-refractivity contribution is -0.383. The molecule has 1 heterocycles. The van der Waals surface area contributed by atoms with E-state index >= 15 is 0 Å². The molecule has 0 atom stereocenters. The molecule has 0 spiro atoms. The van der Waals surface area contributed by atoms with Crippen LogP contribution in [-0.4, -0.2) is 26.8 Å². The number of halogens is 2. The van der Waals surface area contributed by atoms with E-state index in [1.165, 1.54) is 18.2 Å². The van der Waals surface area contributed by atoms with Crippen LogP contribution in [0.15, 0.2) is 56.6 Å². The quantitative estimate of drug-likeness (QED) is 0.314. The number of nitrogens with one attached hydrogen (secondary N) is 1. The van der Waals surface area contributed by atoms with Gasteiger partial charge in [0.05, 0.1) is 16.2 Å². The molecule has 2 aromatic carbocycles. The number of nitrogens with zero attached hydrogens (tertiary/aromatic N) is 3. The van der Waals surface area contributed by atoms with Crippen LogP contribution in [0.1, 0.15) is 0 Å². The van der Waals surface area contributed by atoms with E-state index < -0.39 is 10.8 Å². The van der Waals surface area contributed by atoms with Crippen molar-refractivity contribution in [2.24, 2.45) is 0 Å². The van der Waals surface area contributed by atoms with E-state index in [1.54, 1.807) is 0 Å². The molecule has 3 rings (SSSR count). The molecule has 0 aliphatic heterocycles. The second-order valence-corrected chi connectivity index (χ2v) is 7.33. The number of carbonyl (C=O) groups is 1. The minimum atomic E-state index is -0.614. The van der Waals surface area contributed by atoms with E-state index in [-0.39, 0.29) is 27.4 Å². The van der Waals surface area contributed by atoms with Gasteiger partial charge in [0.15, 0.2) is 0 Å². The van der Waals surface area contributed by atoms with Crippen molar-refractivity contribution in [2.75, 3.05) is 11.1 Å². The van der Waals surface area contributed by atoms with Crippen LogP contribution in [0.4, 0.5) is 11.4 Å². The molecule has 1 amide bonds. The lowest BCUT2D eigenvalue weighted by Crippen LogP contribution is -2.15. The highest BCUT2D eigenvalue weighted by atomic mass is 79.9. The van der Waals surface area contributed by atoms with Crippen LogP contribution in [-0.2, 0) is 4.79 Å². The Labute approximate surface area is 170 Å². The summed E-state index contributed by atoms with van der Waals surface area (Å²) in [5, 5.41) is 21.8. The zero-order valence-electron chi connectivity index (χ0n) is 13.4. The molecule has 0 saturated carbocycles. The third-order valence-corrected chi connectivity index (χ3v) is 5.01. The summed E-state index contributed by atoms with van der Waals surface area (Å²) in [4.78, 5) is 22.5. The first kappa shape index (κ1) is 19.3. The van der Waals surface area contributed by atoms with Crippen molar-refractivity contribution in [3.63, 3.8) is 0 Å². The van der Waals surface area contributed by atoms with Gasteiger partial charge >= 0.3 is 0 Å². The fourth-order valence-corrected chi connectivity index (χ4v) is 3.27. The van der Waals surface area contributed by atoms with Crippen LogP contribution in [0.5, 0.6) is 0 Å². The van der Waals surface area contributed by atoms with Gasteiger partial charge < -0.3 is 9.73 Å². The number of carbonyl (C=O) groups excluding carboxylic acids is 1. The molecule has 27 heavy (non-hydrogen) atoms. The second-order valence-electron chi connectivity index (χ2n) is 5.11. The van der Waals surface area contributed by atoms with E-state index in [2.05, 4.69) is 31.4 Å². The summed E-state index contributed by atoms with van der Waals surface area (Å²) in [6.45, 7) is 0. The Kier molecular flexibility index (Phi) is 6.09. The number of amides is 1. The standard InChI is InChI=1S/C16H10BrClN4O4S/c17-11-4-2-1-3-10(11)15-20-21-16(26-15)27-8-14(23)19-12-6-5-9(18)7-13(12)22(24)25/h1-7H,8H2,(H,19,23). The van der Waals surface area contributed by atoms with Crippen LogP contribution in [0.2, 0.25) is 5.02 Å². The predicted octanol–water partition coefficient (Wildman–Crippen LogP) is 4.79. The molecule has 11 heteroatoms. The van der Waals surface area contributed by atoms with E-state index in [4.69, 9.17) is 16.0 Å². The minimum absolute atomic E-state index is 0.0582. The molecule has 0 fully saturated rings. The fraction of sp³-hybridized carbons (Fsp3) is 0.0625. The molecular formula is C16H10BrClN4O4S. The summed E-state index contributed by atoms with van der Waals surface area (Å²) < 4.78 is 6.34. The van der Waals surface area contributed by atoms with Gasteiger partial charge in [-0.1, -0.05) is 35.5 Å². The van der Waals surface area contributed by atoms with Crippen LogP contribution in [0.25, 0.3) is 11.5 Å². The van der Waals surface area contributed by atoms with Gasteiger partial charge in [-0.05, 0) is 40.2 Å². The SMILES string of the molecule is O=C(CSc1nnc(-c2ccccc2Br)o1)Nc1ccc(Cl)cc1[N+](=O)[O-]. The molecule has 0 bridgehead atoms. The monoisotopic (exact) mass is 468 g/mol. The second kappa shape index (κ2) is 8.51. The maximum absolute atomic E-state index is 12.1. The van der Waals surface area contributed by atoms with Gasteiger partial charge in [-0.3, -0.25) is 14.9 Å². The van der Waals surface area contributed by atoms with Crippen LogP contribution in [0, 0.1) is 10.1 Å². The van der Waals surface area contributed by atoms with Crippen molar-refractivity contribution < 1.29 is 14.1 Å². The van der Waals surface area contributed by atoms with E-state index in [0.717, 1.165) is 21.8 Å². The Morgan fingerprint density at radius 3 is 2.81 bits per heavy atom. The van der Waals surface area contributed by atoms with E-state index in [1.807, 2.05) is 24.3 Å². The zero-order valence-corrected chi connectivity index (χ0v) is 16.5. The van der Waals surface area contributed by atoms with Gasteiger partial charge in [0.25, 0.3) is 10.9 Å². The average molecular weight is 470 g/mol. The topological polar surface area (TPSA) is 111 Å². The number of nitro benzene ring substituents is 1. The van der Waals surface area contributed by atoms with E-state index in [9.17, 15) is 14.9 Å². The molecular weight excluding hydrogens is 460 g/mol. The summed E-state index contributed by atoms with van der Waals surface area (Å²) in [6.07, 6.45) is 0. The molecule has 3 aromatic rings. The molecule has 1 aromatic heterocycles. The Morgan fingerprint density at radius 1 is 1.30 bits per heavy atom. The largest absolute Gasteiger partial charge is 0.411 e.